The van der Waals surface area contributed by atoms with Gasteiger partial charge in [-0.3, -0.25) is 14.7 Å². The Morgan fingerprint density at radius 1 is 1.28 bits per heavy atom. The van der Waals surface area contributed by atoms with Gasteiger partial charge < -0.3 is 4.52 Å². The molecule has 5 nitrogen and oxygen atoms in total. The van der Waals surface area contributed by atoms with E-state index in [1.54, 1.807) is 19.1 Å². The van der Waals surface area contributed by atoms with Crippen molar-refractivity contribution >= 4 is 13.1 Å². The second kappa shape index (κ2) is 6.12. The van der Waals surface area contributed by atoms with E-state index < -0.39 is 12.3 Å². The Balaban J connectivity index is 2.81. The van der Waals surface area contributed by atoms with Crippen LogP contribution in [0.4, 0.5) is 5.69 Å². The predicted octanol–water partition coefficient (Wildman–Crippen LogP) is 3.99. The number of hydrogen-bond acceptors (Lipinski definition) is 4. The molecule has 0 aliphatic rings. The molecule has 0 radical (unpaired) electrons. The first-order valence-electron chi connectivity index (χ1n) is 5.92. The van der Waals surface area contributed by atoms with Crippen LogP contribution >= 0.6 is 7.37 Å². The third kappa shape index (κ3) is 3.65. The van der Waals surface area contributed by atoms with E-state index in [-0.39, 0.29) is 11.8 Å². The number of nitrogens with zero attached hydrogens (tertiary/aromatic N) is 1. The first-order chi connectivity index (χ1) is 8.41. The third-order valence-corrected chi connectivity index (χ3v) is 5.51. The Bertz CT molecular complexity index is 450. The minimum Gasteiger partial charge on any atom is -0.321 e. The van der Waals surface area contributed by atoms with Gasteiger partial charge in [-0.2, -0.15) is 0 Å². The molecule has 1 rings (SSSR count). The maximum Gasteiger partial charge on any atom is 0.269 e. The molecule has 0 bridgehead atoms. The van der Waals surface area contributed by atoms with Crippen LogP contribution in [0, 0.1) is 10.1 Å². The van der Waals surface area contributed by atoms with Crippen LogP contribution in [0.15, 0.2) is 24.3 Å². The summed E-state index contributed by atoms with van der Waals surface area (Å²) in [5.74, 6) is 0. The Hall–Kier alpha value is -1.19. The molecule has 1 aromatic rings. The summed E-state index contributed by atoms with van der Waals surface area (Å²) in [6.07, 6.45) is 0.679. The zero-order valence-corrected chi connectivity index (χ0v) is 11.7. The molecule has 0 amide bonds. The number of nitro benzene ring substituents is 1. The Morgan fingerprint density at radius 3 is 2.17 bits per heavy atom. The molecule has 0 heterocycles. The van der Waals surface area contributed by atoms with Crippen molar-refractivity contribution in [3.63, 3.8) is 0 Å². The number of benzene rings is 1. The van der Waals surface area contributed by atoms with Crippen molar-refractivity contribution < 1.29 is 14.0 Å². The molecular weight excluding hydrogens is 253 g/mol. The Kier molecular flexibility index (Phi) is 5.05. The lowest BCUT2D eigenvalue weighted by Crippen LogP contribution is -2.02. The maximum atomic E-state index is 12.2. The van der Waals surface area contributed by atoms with Crippen molar-refractivity contribution in [2.75, 3.05) is 12.3 Å². The van der Waals surface area contributed by atoms with Crippen LogP contribution in [0.3, 0.4) is 0 Å². The highest BCUT2D eigenvalue weighted by Gasteiger charge is 2.22. The summed E-state index contributed by atoms with van der Waals surface area (Å²) >= 11 is 0. The predicted molar refractivity (Wildman–Crippen MR) is 71.3 cm³/mol. The van der Waals surface area contributed by atoms with E-state index in [4.69, 9.17) is 4.52 Å². The average Bonchev–Trinajstić information content (AvgIpc) is 2.38. The summed E-state index contributed by atoms with van der Waals surface area (Å²) in [5.41, 5.74) is 0.836. The lowest BCUT2D eigenvalue weighted by molar-refractivity contribution is -0.384. The Labute approximate surface area is 107 Å². The molecule has 0 aromatic heterocycles. The molecule has 0 spiro atoms. The van der Waals surface area contributed by atoms with Gasteiger partial charge in [0.1, 0.15) is 0 Å². The summed E-state index contributed by atoms with van der Waals surface area (Å²) in [6, 6.07) is 6.13. The molecule has 1 atom stereocenters. The number of nitro groups is 1. The number of hydrogen-bond donors (Lipinski definition) is 0. The van der Waals surface area contributed by atoms with Crippen LogP contribution in [0.25, 0.3) is 0 Å². The molecule has 1 aromatic carbocycles. The first kappa shape index (κ1) is 14.9. The monoisotopic (exact) mass is 271 g/mol. The Morgan fingerprint density at radius 2 is 1.78 bits per heavy atom. The van der Waals surface area contributed by atoms with Crippen molar-refractivity contribution in [3.8, 4) is 0 Å². The van der Waals surface area contributed by atoms with E-state index in [2.05, 4.69) is 0 Å². The van der Waals surface area contributed by atoms with Crippen molar-refractivity contribution in [2.45, 2.75) is 26.9 Å². The minimum absolute atomic E-state index is 0.0418. The van der Waals surface area contributed by atoms with Gasteiger partial charge >= 0.3 is 0 Å². The zero-order chi connectivity index (χ0) is 13.8. The van der Waals surface area contributed by atoms with Gasteiger partial charge in [0.15, 0.2) is 0 Å². The molecule has 18 heavy (non-hydrogen) atoms. The molecule has 0 saturated carbocycles. The maximum absolute atomic E-state index is 12.2. The van der Waals surface area contributed by atoms with E-state index in [1.807, 2.05) is 13.8 Å². The fourth-order valence-corrected chi connectivity index (χ4v) is 3.03. The standard InChI is InChI=1S/C12H18NO4P/c1-4-18(16,5-2)17-10(3)11-6-8-12(9-7-11)13(14)15/h6-10H,4-5H2,1-3H3/t10-/m0/s1. The van der Waals surface area contributed by atoms with Crippen molar-refractivity contribution in [1.82, 2.24) is 0 Å². The number of non-ortho nitro benzene ring substituents is 1. The molecule has 0 N–H and O–H groups in total. The molecule has 0 aliphatic carbocycles. The lowest BCUT2D eigenvalue weighted by Gasteiger charge is -2.20. The highest BCUT2D eigenvalue weighted by molar-refractivity contribution is 7.58. The SMILES string of the molecule is CCP(=O)(CC)O[C@@H](C)c1ccc([N+](=O)[O-])cc1. The average molecular weight is 271 g/mol. The van der Waals surface area contributed by atoms with E-state index in [9.17, 15) is 14.7 Å². The number of rotatable bonds is 6. The summed E-state index contributed by atoms with van der Waals surface area (Å²) in [7, 11) is -2.57. The van der Waals surface area contributed by atoms with Gasteiger partial charge in [0.05, 0.1) is 11.0 Å². The van der Waals surface area contributed by atoms with Gasteiger partial charge in [0.25, 0.3) is 5.69 Å². The molecular formula is C12H18NO4P. The zero-order valence-electron chi connectivity index (χ0n) is 10.8. The summed E-state index contributed by atoms with van der Waals surface area (Å²) in [6.45, 7) is 5.48. The second-order valence-electron chi connectivity index (χ2n) is 4.04. The highest BCUT2D eigenvalue weighted by atomic mass is 31.2. The van der Waals surface area contributed by atoms with Gasteiger partial charge in [-0.15, -0.1) is 0 Å². The van der Waals surface area contributed by atoms with Crippen LogP contribution < -0.4 is 0 Å². The molecule has 0 unspecified atom stereocenters. The molecule has 0 saturated heterocycles. The quantitative estimate of drug-likeness (QED) is 0.445. The van der Waals surface area contributed by atoms with E-state index >= 15 is 0 Å². The van der Waals surface area contributed by atoms with Crippen LogP contribution in [0.1, 0.15) is 32.4 Å². The second-order valence-corrected chi connectivity index (χ2v) is 7.15. The van der Waals surface area contributed by atoms with Crippen LogP contribution in [0.5, 0.6) is 0 Å². The van der Waals surface area contributed by atoms with Gasteiger partial charge in [-0.05, 0) is 24.6 Å². The largest absolute Gasteiger partial charge is 0.321 e. The smallest absolute Gasteiger partial charge is 0.269 e. The highest BCUT2D eigenvalue weighted by Crippen LogP contribution is 2.49. The van der Waals surface area contributed by atoms with E-state index in [0.29, 0.717) is 12.3 Å². The molecule has 6 heteroatoms. The van der Waals surface area contributed by atoms with Crippen molar-refractivity contribution in [3.05, 3.63) is 39.9 Å². The van der Waals surface area contributed by atoms with Crippen molar-refractivity contribution in [2.24, 2.45) is 0 Å². The molecule has 0 aliphatic heterocycles. The topological polar surface area (TPSA) is 69.4 Å². The van der Waals surface area contributed by atoms with E-state index in [1.165, 1.54) is 12.1 Å². The molecule has 0 fully saturated rings. The first-order valence-corrected chi connectivity index (χ1v) is 7.92. The van der Waals surface area contributed by atoms with Crippen LogP contribution in [-0.2, 0) is 9.09 Å². The van der Waals surface area contributed by atoms with Crippen molar-refractivity contribution in [1.29, 1.82) is 0 Å². The summed E-state index contributed by atoms with van der Waals surface area (Å²) in [4.78, 5) is 10.1. The van der Waals surface area contributed by atoms with Gasteiger partial charge in [-0.1, -0.05) is 13.8 Å². The van der Waals surface area contributed by atoms with Crippen LogP contribution in [0.2, 0.25) is 0 Å². The van der Waals surface area contributed by atoms with E-state index in [0.717, 1.165) is 5.56 Å². The van der Waals surface area contributed by atoms with Gasteiger partial charge in [-0.25, -0.2) is 0 Å². The minimum atomic E-state index is -2.57. The molecule has 100 valence electrons. The normalized spacial score (nSPS) is 13.3. The van der Waals surface area contributed by atoms with Crippen LogP contribution in [-0.4, -0.2) is 17.2 Å². The van der Waals surface area contributed by atoms with Gasteiger partial charge in [0.2, 0.25) is 7.37 Å². The van der Waals surface area contributed by atoms with Gasteiger partial charge in [0, 0.05) is 24.5 Å². The fraction of sp³-hybridized carbons (Fsp3) is 0.500. The third-order valence-electron chi connectivity index (χ3n) is 2.89. The fourth-order valence-electron chi connectivity index (χ4n) is 1.59. The lowest BCUT2D eigenvalue weighted by atomic mass is 10.1. The summed E-state index contributed by atoms with van der Waals surface area (Å²) < 4.78 is 17.8. The summed E-state index contributed by atoms with van der Waals surface area (Å²) in [5, 5.41) is 10.5.